The topological polar surface area (TPSA) is 135 Å². The maximum atomic E-state index is 11.6. The van der Waals surface area contributed by atoms with Gasteiger partial charge in [-0.3, -0.25) is 10.1 Å². The Morgan fingerprint density at radius 2 is 2.00 bits per heavy atom. The molecule has 0 aliphatic heterocycles. The van der Waals surface area contributed by atoms with E-state index in [4.69, 9.17) is 10.2 Å². The molecule has 1 aromatic carbocycles. The Morgan fingerprint density at radius 1 is 1.39 bits per heavy atom. The number of aliphatic hydroxyl groups is 1. The number of aliphatic hydroxyl groups excluding tert-OH is 1. The van der Waals surface area contributed by atoms with E-state index in [-0.39, 0.29) is 4.90 Å². The van der Waals surface area contributed by atoms with Crippen molar-refractivity contribution in [2.24, 2.45) is 0 Å². The Balaban J connectivity index is 3.41. The molecule has 9 heteroatoms. The normalized spacial score (nSPS) is 11.2. The molecule has 0 unspecified atom stereocenters. The summed E-state index contributed by atoms with van der Waals surface area (Å²) in [5.41, 5.74) is -1.40. The maximum absolute atomic E-state index is 11.6. The standard InChI is InChI=1S/C9H9NO7S/c11-3-4-18(16,17)6-1-2-8(10(14)15)7(5-6)9(12)13/h1-2,5,11H,3-4H2,(H,12,13). The van der Waals surface area contributed by atoms with Gasteiger partial charge in [0.2, 0.25) is 0 Å². The zero-order valence-corrected chi connectivity index (χ0v) is 9.75. The summed E-state index contributed by atoms with van der Waals surface area (Å²) in [5, 5.41) is 27.9. The summed E-state index contributed by atoms with van der Waals surface area (Å²) in [7, 11) is -3.84. The SMILES string of the molecule is O=C(O)c1cc(S(=O)(=O)CCO)ccc1[N+](=O)[O-]. The van der Waals surface area contributed by atoms with Crippen LogP contribution in [0.5, 0.6) is 0 Å². The molecule has 0 aliphatic carbocycles. The third kappa shape index (κ3) is 2.81. The zero-order valence-electron chi connectivity index (χ0n) is 8.94. The molecule has 18 heavy (non-hydrogen) atoms. The van der Waals surface area contributed by atoms with Crippen LogP contribution in [0.4, 0.5) is 5.69 Å². The van der Waals surface area contributed by atoms with Crippen LogP contribution in [0.25, 0.3) is 0 Å². The van der Waals surface area contributed by atoms with Crippen LogP contribution in [-0.4, -0.2) is 41.9 Å². The lowest BCUT2D eigenvalue weighted by molar-refractivity contribution is -0.385. The molecule has 0 radical (unpaired) electrons. The summed E-state index contributed by atoms with van der Waals surface area (Å²) in [5.74, 6) is -2.17. The number of nitrogens with zero attached hydrogens (tertiary/aromatic N) is 1. The van der Waals surface area contributed by atoms with Crippen LogP contribution in [0.2, 0.25) is 0 Å². The number of sulfone groups is 1. The first-order valence-electron chi connectivity index (χ1n) is 4.65. The first-order valence-corrected chi connectivity index (χ1v) is 6.30. The van der Waals surface area contributed by atoms with E-state index < -0.39 is 44.3 Å². The van der Waals surface area contributed by atoms with Crippen molar-refractivity contribution in [1.29, 1.82) is 0 Å². The number of carboxylic acids is 1. The van der Waals surface area contributed by atoms with Crippen LogP contribution in [0.15, 0.2) is 23.1 Å². The smallest absolute Gasteiger partial charge is 0.342 e. The van der Waals surface area contributed by atoms with E-state index in [1.807, 2.05) is 0 Å². The van der Waals surface area contributed by atoms with E-state index in [1.54, 1.807) is 0 Å². The summed E-state index contributed by atoms with van der Waals surface area (Å²) in [4.78, 5) is 20.1. The van der Waals surface area contributed by atoms with Gasteiger partial charge in [0.15, 0.2) is 9.84 Å². The summed E-state index contributed by atoms with van der Waals surface area (Å²) in [6.07, 6.45) is 0. The zero-order chi connectivity index (χ0) is 13.9. The first kappa shape index (κ1) is 14.1. The van der Waals surface area contributed by atoms with Crippen LogP contribution in [0, 0.1) is 10.1 Å². The number of rotatable bonds is 5. The number of carboxylic acid groups (broad SMARTS) is 1. The van der Waals surface area contributed by atoms with Gasteiger partial charge in [0.1, 0.15) is 5.56 Å². The minimum Gasteiger partial charge on any atom is -0.477 e. The molecule has 0 heterocycles. The monoisotopic (exact) mass is 275 g/mol. The fourth-order valence-corrected chi connectivity index (χ4v) is 2.33. The molecule has 0 bridgehead atoms. The molecule has 0 saturated carbocycles. The van der Waals surface area contributed by atoms with Crippen LogP contribution >= 0.6 is 0 Å². The van der Waals surface area contributed by atoms with E-state index in [0.29, 0.717) is 6.07 Å². The molecule has 2 N–H and O–H groups in total. The van der Waals surface area contributed by atoms with Crippen molar-refractivity contribution in [3.63, 3.8) is 0 Å². The van der Waals surface area contributed by atoms with E-state index in [0.717, 1.165) is 12.1 Å². The van der Waals surface area contributed by atoms with Crippen LogP contribution < -0.4 is 0 Å². The molecule has 1 rings (SSSR count). The molecule has 0 amide bonds. The number of carbonyl (C=O) groups is 1. The highest BCUT2D eigenvalue weighted by atomic mass is 32.2. The average molecular weight is 275 g/mol. The van der Waals surface area contributed by atoms with Crippen molar-refractivity contribution in [3.05, 3.63) is 33.9 Å². The second-order valence-electron chi connectivity index (χ2n) is 3.28. The number of nitro groups is 1. The molecule has 98 valence electrons. The molecule has 0 fully saturated rings. The lowest BCUT2D eigenvalue weighted by atomic mass is 10.2. The second kappa shape index (κ2) is 5.10. The first-order chi connectivity index (χ1) is 8.29. The van der Waals surface area contributed by atoms with Crippen LogP contribution in [0.1, 0.15) is 10.4 Å². The van der Waals surface area contributed by atoms with Crippen LogP contribution in [-0.2, 0) is 9.84 Å². The lowest BCUT2D eigenvalue weighted by Crippen LogP contribution is -2.12. The summed E-state index contributed by atoms with van der Waals surface area (Å²) >= 11 is 0. The van der Waals surface area contributed by atoms with Crippen LogP contribution in [0.3, 0.4) is 0 Å². The Labute approximate surface area is 102 Å². The molecule has 0 atom stereocenters. The van der Waals surface area contributed by atoms with Gasteiger partial charge in [-0.15, -0.1) is 0 Å². The van der Waals surface area contributed by atoms with Crippen molar-refractivity contribution in [2.75, 3.05) is 12.4 Å². The predicted octanol–water partition coefficient (Wildman–Crippen LogP) is 0.0590. The Hall–Kier alpha value is -2.00. The summed E-state index contributed by atoms with van der Waals surface area (Å²) in [6, 6.07) is 2.47. The highest BCUT2D eigenvalue weighted by Crippen LogP contribution is 2.23. The van der Waals surface area contributed by atoms with Gasteiger partial charge < -0.3 is 10.2 Å². The van der Waals surface area contributed by atoms with Gasteiger partial charge in [0, 0.05) is 6.07 Å². The van der Waals surface area contributed by atoms with Crippen molar-refractivity contribution in [2.45, 2.75) is 4.90 Å². The third-order valence-corrected chi connectivity index (χ3v) is 3.81. The fraction of sp³-hybridized carbons (Fsp3) is 0.222. The summed E-state index contributed by atoms with van der Waals surface area (Å²) in [6.45, 7) is -0.623. The predicted molar refractivity (Wildman–Crippen MR) is 59.2 cm³/mol. The summed E-state index contributed by atoms with van der Waals surface area (Å²) < 4.78 is 23.1. The highest BCUT2D eigenvalue weighted by molar-refractivity contribution is 7.91. The van der Waals surface area contributed by atoms with E-state index in [1.165, 1.54) is 0 Å². The van der Waals surface area contributed by atoms with Gasteiger partial charge in [-0.05, 0) is 12.1 Å². The molecule has 0 aromatic heterocycles. The van der Waals surface area contributed by atoms with Gasteiger partial charge in [-0.2, -0.15) is 0 Å². The van der Waals surface area contributed by atoms with E-state index in [9.17, 15) is 23.3 Å². The van der Waals surface area contributed by atoms with Crippen molar-refractivity contribution >= 4 is 21.5 Å². The maximum Gasteiger partial charge on any atom is 0.342 e. The van der Waals surface area contributed by atoms with Crippen molar-refractivity contribution in [3.8, 4) is 0 Å². The molecular weight excluding hydrogens is 266 g/mol. The van der Waals surface area contributed by atoms with E-state index >= 15 is 0 Å². The van der Waals surface area contributed by atoms with Gasteiger partial charge in [-0.1, -0.05) is 0 Å². The van der Waals surface area contributed by atoms with Gasteiger partial charge in [0.05, 0.1) is 22.2 Å². The van der Waals surface area contributed by atoms with Crippen molar-refractivity contribution < 1.29 is 28.3 Å². The Kier molecular flexibility index (Phi) is 3.99. The largest absolute Gasteiger partial charge is 0.477 e. The molecule has 0 spiro atoms. The minimum absolute atomic E-state index is 0.375. The fourth-order valence-electron chi connectivity index (χ4n) is 1.28. The highest BCUT2D eigenvalue weighted by Gasteiger charge is 2.23. The minimum atomic E-state index is -3.84. The molecule has 8 nitrogen and oxygen atoms in total. The Bertz CT molecular complexity index is 593. The number of hydrogen-bond donors (Lipinski definition) is 2. The quantitative estimate of drug-likeness (QED) is 0.572. The lowest BCUT2D eigenvalue weighted by Gasteiger charge is -2.04. The number of benzene rings is 1. The third-order valence-electron chi connectivity index (χ3n) is 2.11. The molecule has 0 saturated heterocycles. The van der Waals surface area contributed by atoms with Gasteiger partial charge in [0.25, 0.3) is 5.69 Å². The average Bonchev–Trinajstić information content (AvgIpc) is 2.27. The second-order valence-corrected chi connectivity index (χ2v) is 5.39. The number of aromatic carboxylic acids is 1. The molecular formula is C9H9NO7S. The molecule has 0 aliphatic rings. The van der Waals surface area contributed by atoms with Crippen molar-refractivity contribution in [1.82, 2.24) is 0 Å². The number of hydrogen-bond acceptors (Lipinski definition) is 6. The van der Waals surface area contributed by atoms with E-state index in [2.05, 4.69) is 0 Å². The molecule has 1 aromatic rings. The van der Waals surface area contributed by atoms with Gasteiger partial charge >= 0.3 is 5.97 Å². The van der Waals surface area contributed by atoms with Gasteiger partial charge in [-0.25, -0.2) is 13.2 Å². The Morgan fingerprint density at radius 3 is 2.44 bits per heavy atom. The number of nitro benzene ring substituents is 1.